The van der Waals surface area contributed by atoms with Crippen LogP contribution in [0.5, 0.6) is 0 Å². The first-order chi connectivity index (χ1) is 19.7. The van der Waals surface area contributed by atoms with Crippen LogP contribution in [0.2, 0.25) is 0 Å². The van der Waals surface area contributed by atoms with Gasteiger partial charge in [-0.3, -0.25) is 14.0 Å². The molecular weight excluding hydrogens is 533 g/mol. The maximum atomic E-state index is 13.4. The molecule has 4 heterocycles. The minimum atomic E-state index is -4.39. The predicted octanol–water partition coefficient (Wildman–Crippen LogP) is 4.77. The van der Waals surface area contributed by atoms with Crippen LogP contribution in [0.1, 0.15) is 65.1 Å². The molecule has 11 heteroatoms. The van der Waals surface area contributed by atoms with Gasteiger partial charge in [-0.05, 0) is 42.7 Å². The first-order valence-electron chi connectivity index (χ1n) is 13.9. The fourth-order valence-electron chi connectivity index (χ4n) is 6.14. The van der Waals surface area contributed by atoms with Crippen molar-refractivity contribution in [2.45, 2.75) is 63.2 Å². The van der Waals surface area contributed by atoms with Crippen LogP contribution in [0, 0.1) is 0 Å². The van der Waals surface area contributed by atoms with Gasteiger partial charge in [-0.25, -0.2) is 9.97 Å². The number of nitrogens with zero attached hydrogens (tertiary/aromatic N) is 5. The second kappa shape index (κ2) is 10.7. The van der Waals surface area contributed by atoms with Crippen LogP contribution in [0.25, 0.3) is 5.65 Å². The molecule has 0 radical (unpaired) electrons. The highest BCUT2D eigenvalue weighted by atomic mass is 19.4. The number of aromatic nitrogens is 4. The zero-order chi connectivity index (χ0) is 28.6. The molecule has 4 aromatic rings. The van der Waals surface area contributed by atoms with Gasteiger partial charge < -0.3 is 14.8 Å². The van der Waals surface area contributed by atoms with Crippen LogP contribution in [0.15, 0.2) is 61.2 Å². The van der Waals surface area contributed by atoms with E-state index in [0.717, 1.165) is 55.5 Å². The molecule has 1 N–H and O–H groups in total. The Balaban J connectivity index is 1.17. The van der Waals surface area contributed by atoms with Gasteiger partial charge in [-0.1, -0.05) is 37.5 Å². The molecule has 214 valence electrons. The van der Waals surface area contributed by atoms with E-state index in [-0.39, 0.29) is 18.2 Å². The monoisotopic (exact) mass is 564 g/mol. The summed E-state index contributed by atoms with van der Waals surface area (Å²) in [5.41, 5.74) is 2.22. The average molecular weight is 565 g/mol. The SMILES string of the molecule is O=C(NCC1(c2ccc(C(F)(F)F)cc2)CCCCC1)c1cccc2nc(CC(=O)N3CCn4cncc4C3)cn12. The number of pyridine rings is 1. The van der Waals surface area contributed by atoms with Crippen molar-refractivity contribution < 1.29 is 22.8 Å². The second-order valence-electron chi connectivity index (χ2n) is 11.0. The molecule has 3 aromatic heterocycles. The van der Waals surface area contributed by atoms with Crippen molar-refractivity contribution in [3.8, 4) is 0 Å². The van der Waals surface area contributed by atoms with Crippen molar-refractivity contribution >= 4 is 17.5 Å². The van der Waals surface area contributed by atoms with Crippen LogP contribution in [-0.2, 0) is 35.9 Å². The highest BCUT2D eigenvalue weighted by molar-refractivity contribution is 5.93. The summed E-state index contributed by atoms with van der Waals surface area (Å²) >= 11 is 0. The molecule has 0 saturated heterocycles. The van der Waals surface area contributed by atoms with Crippen molar-refractivity contribution in [3.63, 3.8) is 0 Å². The third-order valence-corrected chi connectivity index (χ3v) is 8.44. The van der Waals surface area contributed by atoms with E-state index in [1.54, 1.807) is 58.4 Å². The zero-order valence-electron chi connectivity index (χ0n) is 22.5. The zero-order valence-corrected chi connectivity index (χ0v) is 22.5. The molecule has 0 atom stereocenters. The fraction of sp³-hybridized carbons (Fsp3) is 0.400. The Hall–Kier alpha value is -4.15. The van der Waals surface area contributed by atoms with Gasteiger partial charge in [-0.15, -0.1) is 0 Å². The summed E-state index contributed by atoms with van der Waals surface area (Å²) in [6.45, 7) is 2.12. The van der Waals surface area contributed by atoms with Crippen molar-refractivity contribution in [2.75, 3.05) is 13.1 Å². The third-order valence-electron chi connectivity index (χ3n) is 8.44. The Morgan fingerprint density at radius 2 is 1.78 bits per heavy atom. The number of fused-ring (bicyclic) bond motifs is 2. The molecule has 2 amide bonds. The molecule has 1 fully saturated rings. The number of alkyl halides is 3. The van der Waals surface area contributed by atoms with Gasteiger partial charge in [-0.2, -0.15) is 13.2 Å². The molecule has 1 aliphatic carbocycles. The normalized spacial score (nSPS) is 16.9. The Bertz CT molecular complexity index is 1570. The van der Waals surface area contributed by atoms with Gasteiger partial charge in [0.05, 0.1) is 36.2 Å². The lowest BCUT2D eigenvalue weighted by atomic mass is 9.69. The van der Waals surface area contributed by atoms with Crippen LogP contribution in [-0.4, -0.2) is 48.7 Å². The van der Waals surface area contributed by atoms with Gasteiger partial charge in [0.1, 0.15) is 11.3 Å². The maximum absolute atomic E-state index is 13.4. The van der Waals surface area contributed by atoms with Crippen LogP contribution < -0.4 is 5.32 Å². The number of imidazole rings is 2. The number of rotatable bonds is 6. The summed E-state index contributed by atoms with van der Waals surface area (Å²) in [6.07, 6.45) is 5.53. The molecule has 8 nitrogen and oxygen atoms in total. The van der Waals surface area contributed by atoms with Crippen LogP contribution in [0.4, 0.5) is 13.2 Å². The molecular formula is C30H31F3N6O2. The summed E-state index contributed by atoms with van der Waals surface area (Å²) in [6, 6.07) is 10.6. The molecule has 1 saturated carbocycles. The maximum Gasteiger partial charge on any atom is 0.416 e. The summed E-state index contributed by atoms with van der Waals surface area (Å²) in [7, 11) is 0. The highest BCUT2D eigenvalue weighted by Gasteiger charge is 2.36. The molecule has 1 aliphatic heterocycles. The number of amides is 2. The first-order valence-corrected chi connectivity index (χ1v) is 13.9. The van der Waals surface area contributed by atoms with Crippen molar-refractivity contribution in [3.05, 3.63) is 89.4 Å². The largest absolute Gasteiger partial charge is 0.416 e. The number of benzene rings is 1. The van der Waals surface area contributed by atoms with E-state index in [0.29, 0.717) is 43.2 Å². The number of nitrogens with one attached hydrogen (secondary N) is 1. The summed E-state index contributed by atoms with van der Waals surface area (Å²) < 4.78 is 43.2. The number of hydrogen-bond acceptors (Lipinski definition) is 4. The molecule has 1 aromatic carbocycles. The summed E-state index contributed by atoms with van der Waals surface area (Å²) in [5.74, 6) is -0.338. The van der Waals surface area contributed by atoms with Crippen molar-refractivity contribution in [1.82, 2.24) is 29.2 Å². The number of halogens is 3. The summed E-state index contributed by atoms with van der Waals surface area (Å²) in [4.78, 5) is 37.0. The first kappa shape index (κ1) is 27.0. The quantitative estimate of drug-likeness (QED) is 0.366. The molecule has 41 heavy (non-hydrogen) atoms. The molecule has 2 aliphatic rings. The van der Waals surface area contributed by atoms with E-state index in [9.17, 15) is 22.8 Å². The minimum Gasteiger partial charge on any atom is -0.350 e. The number of carbonyl (C=O) groups excluding carboxylic acids is 2. The minimum absolute atomic E-state index is 0.0392. The number of carbonyl (C=O) groups is 2. The lowest BCUT2D eigenvalue weighted by molar-refractivity contribution is -0.137. The fourth-order valence-corrected chi connectivity index (χ4v) is 6.14. The summed E-state index contributed by atoms with van der Waals surface area (Å²) in [5, 5.41) is 3.06. The molecule has 0 spiro atoms. The average Bonchev–Trinajstić information content (AvgIpc) is 3.62. The van der Waals surface area contributed by atoms with Crippen LogP contribution in [0.3, 0.4) is 0 Å². The second-order valence-corrected chi connectivity index (χ2v) is 11.0. The van der Waals surface area contributed by atoms with Crippen LogP contribution >= 0.6 is 0 Å². The van der Waals surface area contributed by atoms with E-state index < -0.39 is 17.2 Å². The van der Waals surface area contributed by atoms with Gasteiger partial charge in [0, 0.05) is 37.4 Å². The topological polar surface area (TPSA) is 84.5 Å². The lowest BCUT2D eigenvalue weighted by Gasteiger charge is -2.38. The lowest BCUT2D eigenvalue weighted by Crippen LogP contribution is -2.42. The van der Waals surface area contributed by atoms with E-state index in [2.05, 4.69) is 15.3 Å². The number of hydrogen-bond donors (Lipinski definition) is 1. The standard InChI is InChI=1S/C30H31F3N6O2/c31-30(32,33)22-9-7-21(8-10-22)29(11-2-1-3-12-29)19-35-28(41)25-5-4-6-26-36-23(17-39(25)26)15-27(40)37-13-14-38-20-34-16-24(38)18-37/h4-10,16-17,20H,1-3,11-15,18-19H2,(H,35,41). The highest BCUT2D eigenvalue weighted by Crippen LogP contribution is 2.40. The molecule has 6 rings (SSSR count). The molecule has 0 bridgehead atoms. The predicted molar refractivity (Wildman–Crippen MR) is 145 cm³/mol. The Morgan fingerprint density at radius 1 is 1.00 bits per heavy atom. The van der Waals surface area contributed by atoms with Gasteiger partial charge in [0.2, 0.25) is 5.91 Å². The van der Waals surface area contributed by atoms with Crippen molar-refractivity contribution in [2.24, 2.45) is 0 Å². The third kappa shape index (κ3) is 5.45. The van der Waals surface area contributed by atoms with E-state index in [4.69, 9.17) is 0 Å². The van der Waals surface area contributed by atoms with Gasteiger partial charge in [0.25, 0.3) is 5.91 Å². The van der Waals surface area contributed by atoms with E-state index >= 15 is 0 Å². The molecule has 0 unspecified atom stereocenters. The van der Waals surface area contributed by atoms with E-state index in [1.807, 2.05) is 4.57 Å². The van der Waals surface area contributed by atoms with Gasteiger partial charge in [0.15, 0.2) is 0 Å². The Morgan fingerprint density at radius 3 is 2.54 bits per heavy atom. The Labute approximate surface area is 235 Å². The van der Waals surface area contributed by atoms with Gasteiger partial charge >= 0.3 is 6.18 Å². The smallest absolute Gasteiger partial charge is 0.350 e. The Kier molecular flexibility index (Phi) is 7.04. The van der Waals surface area contributed by atoms with E-state index in [1.165, 1.54) is 0 Å². The van der Waals surface area contributed by atoms with Crippen molar-refractivity contribution in [1.29, 1.82) is 0 Å².